The molecule has 0 spiro atoms. The molecule has 0 amide bonds. The van der Waals surface area contributed by atoms with Crippen molar-refractivity contribution >= 4 is 5.69 Å². The average Bonchev–Trinajstić information content (AvgIpc) is 2.61. The standard InChI is InChI=1S/C18H20FN/c1-13-10-15(19)12-16(11-13)20-18-9-5-3-7-14-6-2-4-8-17(14)18/h2,4,6,8,10-12,18,20H,3,5,7,9H2,1H3. The third-order valence-electron chi connectivity index (χ3n) is 4.00. The van der Waals surface area contributed by atoms with E-state index in [2.05, 4.69) is 29.6 Å². The van der Waals surface area contributed by atoms with Crippen molar-refractivity contribution in [3.8, 4) is 0 Å². The van der Waals surface area contributed by atoms with Gasteiger partial charge in [0, 0.05) is 5.69 Å². The van der Waals surface area contributed by atoms with Crippen LogP contribution in [-0.4, -0.2) is 0 Å². The van der Waals surface area contributed by atoms with Gasteiger partial charge < -0.3 is 5.32 Å². The lowest BCUT2D eigenvalue weighted by Gasteiger charge is -2.21. The second-order valence-electron chi connectivity index (χ2n) is 5.66. The van der Waals surface area contributed by atoms with Gasteiger partial charge in [0.25, 0.3) is 0 Å². The second-order valence-corrected chi connectivity index (χ2v) is 5.66. The highest BCUT2D eigenvalue weighted by Gasteiger charge is 2.18. The molecule has 0 saturated carbocycles. The van der Waals surface area contributed by atoms with Crippen molar-refractivity contribution in [2.75, 3.05) is 5.32 Å². The summed E-state index contributed by atoms with van der Waals surface area (Å²) in [5.74, 6) is -0.172. The van der Waals surface area contributed by atoms with Crippen molar-refractivity contribution in [2.45, 2.75) is 38.6 Å². The maximum Gasteiger partial charge on any atom is 0.125 e. The molecule has 1 aliphatic carbocycles. The molecule has 3 rings (SSSR count). The van der Waals surface area contributed by atoms with E-state index in [9.17, 15) is 4.39 Å². The first kappa shape index (κ1) is 13.2. The molecule has 1 atom stereocenters. The molecule has 1 aliphatic rings. The Morgan fingerprint density at radius 3 is 2.80 bits per heavy atom. The summed E-state index contributed by atoms with van der Waals surface area (Å²) in [5.41, 5.74) is 4.63. The summed E-state index contributed by atoms with van der Waals surface area (Å²) < 4.78 is 13.5. The van der Waals surface area contributed by atoms with Crippen LogP contribution in [0.15, 0.2) is 42.5 Å². The smallest absolute Gasteiger partial charge is 0.125 e. The Morgan fingerprint density at radius 2 is 1.95 bits per heavy atom. The molecule has 2 aromatic carbocycles. The van der Waals surface area contributed by atoms with E-state index in [1.165, 1.54) is 24.0 Å². The first-order valence-corrected chi connectivity index (χ1v) is 7.34. The highest BCUT2D eigenvalue weighted by molar-refractivity contribution is 5.49. The van der Waals surface area contributed by atoms with Crippen LogP contribution in [0, 0.1) is 12.7 Å². The van der Waals surface area contributed by atoms with Gasteiger partial charge in [0.1, 0.15) is 5.82 Å². The highest BCUT2D eigenvalue weighted by atomic mass is 19.1. The van der Waals surface area contributed by atoms with Gasteiger partial charge in [-0.25, -0.2) is 4.39 Å². The zero-order valence-corrected chi connectivity index (χ0v) is 11.8. The molecule has 2 aromatic rings. The van der Waals surface area contributed by atoms with Gasteiger partial charge in [0.05, 0.1) is 6.04 Å². The van der Waals surface area contributed by atoms with Crippen LogP contribution in [0.4, 0.5) is 10.1 Å². The lowest BCUT2D eigenvalue weighted by molar-refractivity contribution is 0.623. The van der Waals surface area contributed by atoms with E-state index in [1.807, 2.05) is 13.0 Å². The number of anilines is 1. The molecule has 0 aromatic heterocycles. The van der Waals surface area contributed by atoms with Gasteiger partial charge in [-0.1, -0.05) is 30.7 Å². The Kier molecular flexibility index (Phi) is 3.72. The first-order chi connectivity index (χ1) is 9.72. The normalized spacial score (nSPS) is 18.2. The molecule has 2 heteroatoms. The van der Waals surface area contributed by atoms with Gasteiger partial charge in [-0.3, -0.25) is 0 Å². The molecule has 0 bridgehead atoms. The fourth-order valence-electron chi connectivity index (χ4n) is 3.09. The molecular weight excluding hydrogens is 249 g/mol. The predicted octanol–water partition coefficient (Wildman–Crippen LogP) is 5.01. The third-order valence-corrected chi connectivity index (χ3v) is 4.00. The Labute approximate surface area is 119 Å². The average molecular weight is 269 g/mol. The Hall–Kier alpha value is -1.83. The molecule has 0 radical (unpaired) electrons. The summed E-state index contributed by atoms with van der Waals surface area (Å²) in [6.07, 6.45) is 4.70. The Balaban J connectivity index is 1.90. The lowest BCUT2D eigenvalue weighted by atomic mass is 9.99. The fourth-order valence-corrected chi connectivity index (χ4v) is 3.09. The van der Waals surface area contributed by atoms with Crippen LogP contribution in [0.25, 0.3) is 0 Å². The molecule has 1 N–H and O–H groups in total. The maximum absolute atomic E-state index is 13.5. The number of nitrogens with one attached hydrogen (secondary N) is 1. The van der Waals surface area contributed by atoms with E-state index < -0.39 is 0 Å². The highest BCUT2D eigenvalue weighted by Crippen LogP contribution is 2.31. The van der Waals surface area contributed by atoms with Crippen LogP contribution in [0.2, 0.25) is 0 Å². The quantitative estimate of drug-likeness (QED) is 0.755. The summed E-state index contributed by atoms with van der Waals surface area (Å²) in [5, 5.41) is 3.52. The van der Waals surface area contributed by atoms with Crippen LogP contribution in [0.1, 0.15) is 42.0 Å². The van der Waals surface area contributed by atoms with E-state index >= 15 is 0 Å². The number of halogens is 1. The SMILES string of the molecule is Cc1cc(F)cc(NC2CCCCc3ccccc32)c1. The van der Waals surface area contributed by atoms with E-state index in [-0.39, 0.29) is 11.9 Å². The lowest BCUT2D eigenvalue weighted by Crippen LogP contribution is -2.11. The van der Waals surface area contributed by atoms with Crippen molar-refractivity contribution in [1.82, 2.24) is 0 Å². The number of rotatable bonds is 2. The van der Waals surface area contributed by atoms with Crippen LogP contribution >= 0.6 is 0 Å². The topological polar surface area (TPSA) is 12.0 Å². The van der Waals surface area contributed by atoms with Crippen molar-refractivity contribution in [2.24, 2.45) is 0 Å². The minimum absolute atomic E-state index is 0.172. The van der Waals surface area contributed by atoms with E-state index in [1.54, 1.807) is 12.1 Å². The van der Waals surface area contributed by atoms with Gasteiger partial charge in [-0.15, -0.1) is 0 Å². The molecule has 0 fully saturated rings. The summed E-state index contributed by atoms with van der Waals surface area (Å²) in [7, 11) is 0. The second kappa shape index (κ2) is 5.66. The molecule has 0 aliphatic heterocycles. The zero-order chi connectivity index (χ0) is 13.9. The largest absolute Gasteiger partial charge is 0.378 e. The van der Waals surface area contributed by atoms with E-state index in [4.69, 9.17) is 0 Å². The number of aryl methyl sites for hydroxylation is 2. The van der Waals surface area contributed by atoms with Crippen LogP contribution in [0.5, 0.6) is 0 Å². The summed E-state index contributed by atoms with van der Waals surface area (Å²) in [4.78, 5) is 0. The van der Waals surface area contributed by atoms with Crippen molar-refractivity contribution < 1.29 is 4.39 Å². The maximum atomic E-state index is 13.5. The summed E-state index contributed by atoms with van der Waals surface area (Å²) >= 11 is 0. The molecular formula is C18H20FN. The van der Waals surface area contributed by atoms with Crippen LogP contribution in [0.3, 0.4) is 0 Å². The predicted molar refractivity (Wildman–Crippen MR) is 81.5 cm³/mol. The molecule has 0 heterocycles. The molecule has 0 saturated heterocycles. The fraction of sp³-hybridized carbons (Fsp3) is 0.333. The third kappa shape index (κ3) is 2.84. The van der Waals surface area contributed by atoms with E-state index in [0.29, 0.717) is 0 Å². The number of hydrogen-bond donors (Lipinski definition) is 1. The Morgan fingerprint density at radius 1 is 1.10 bits per heavy atom. The number of fused-ring (bicyclic) bond motifs is 1. The first-order valence-electron chi connectivity index (χ1n) is 7.34. The summed E-state index contributed by atoms with van der Waals surface area (Å²) in [6, 6.07) is 14.1. The van der Waals surface area contributed by atoms with Gasteiger partial charge in [0.15, 0.2) is 0 Å². The number of benzene rings is 2. The monoisotopic (exact) mass is 269 g/mol. The molecule has 1 unspecified atom stereocenters. The van der Waals surface area contributed by atoms with Crippen molar-refractivity contribution in [3.63, 3.8) is 0 Å². The summed E-state index contributed by atoms with van der Waals surface area (Å²) in [6.45, 7) is 1.93. The zero-order valence-electron chi connectivity index (χ0n) is 11.8. The molecule has 1 nitrogen and oxygen atoms in total. The number of hydrogen-bond acceptors (Lipinski definition) is 1. The van der Waals surface area contributed by atoms with Gasteiger partial charge in [-0.2, -0.15) is 0 Å². The van der Waals surface area contributed by atoms with Gasteiger partial charge in [-0.05, 0) is 61.1 Å². The van der Waals surface area contributed by atoms with Crippen molar-refractivity contribution in [3.05, 3.63) is 65.0 Å². The molecule has 104 valence electrons. The molecule has 20 heavy (non-hydrogen) atoms. The van der Waals surface area contributed by atoms with Crippen LogP contribution in [-0.2, 0) is 6.42 Å². The van der Waals surface area contributed by atoms with Crippen molar-refractivity contribution in [1.29, 1.82) is 0 Å². The Bertz CT molecular complexity index is 586. The minimum atomic E-state index is -0.172. The van der Waals surface area contributed by atoms with E-state index in [0.717, 1.165) is 24.1 Å². The minimum Gasteiger partial charge on any atom is -0.378 e. The van der Waals surface area contributed by atoms with Gasteiger partial charge >= 0.3 is 0 Å². The van der Waals surface area contributed by atoms with Crippen LogP contribution < -0.4 is 5.32 Å². The van der Waals surface area contributed by atoms with Gasteiger partial charge in [0.2, 0.25) is 0 Å².